The number of nitrogens with one attached hydrogen (secondary N) is 2. The molecular weight excluding hydrogens is 261 g/mol. The summed E-state index contributed by atoms with van der Waals surface area (Å²) < 4.78 is 16.2. The number of hydrogen-bond donors (Lipinski definition) is 2. The van der Waals surface area contributed by atoms with Crippen molar-refractivity contribution >= 4 is 13.9 Å². The van der Waals surface area contributed by atoms with Crippen LogP contribution >= 0.6 is 8.02 Å². The van der Waals surface area contributed by atoms with Gasteiger partial charge in [-0.05, 0) is 22.1 Å². The molecule has 0 aliphatic carbocycles. The molecule has 2 aliphatic rings. The zero-order chi connectivity index (χ0) is 12.7. The topological polar surface area (TPSA) is 54.9 Å². The molecule has 2 aromatic rings. The Morgan fingerprint density at radius 2 is 1.47 bits per heavy atom. The predicted octanol–water partition coefficient (Wildman–Crippen LogP) is 2.69. The number of para-hydroxylation sites is 2. The van der Waals surface area contributed by atoms with Gasteiger partial charge in [-0.3, -0.25) is 14.5 Å². The number of fused-ring (bicyclic) bond motifs is 1. The maximum absolute atomic E-state index is 5.83. The fourth-order valence-corrected chi connectivity index (χ4v) is 3.77. The highest BCUT2D eigenvalue weighted by molar-refractivity contribution is 7.64. The summed E-state index contributed by atoms with van der Waals surface area (Å²) in [6, 6.07) is 17.4. The Morgan fingerprint density at radius 3 is 2.16 bits per heavy atom. The quantitative estimate of drug-likeness (QED) is 0.784. The molecule has 0 atom stereocenters. The van der Waals surface area contributed by atoms with E-state index in [1.165, 1.54) is 0 Å². The van der Waals surface area contributed by atoms with E-state index in [4.69, 9.17) is 9.05 Å². The summed E-state index contributed by atoms with van der Waals surface area (Å²) in [7, 11) is -2.47. The van der Waals surface area contributed by atoms with E-state index >= 15 is 0 Å². The Hall–Kier alpha value is -2.10. The van der Waals surface area contributed by atoms with Gasteiger partial charge in [0.05, 0.1) is 0 Å². The van der Waals surface area contributed by atoms with Crippen LogP contribution in [-0.4, -0.2) is 5.84 Å². The third-order valence-corrected chi connectivity index (χ3v) is 4.63. The van der Waals surface area contributed by atoms with E-state index in [1.54, 1.807) is 0 Å². The molecule has 0 bridgehead atoms. The van der Waals surface area contributed by atoms with Crippen molar-refractivity contribution in [2.45, 2.75) is 0 Å². The number of hydrazine groups is 1. The Labute approximate surface area is 110 Å². The summed E-state index contributed by atoms with van der Waals surface area (Å²) in [5.74, 6) is 2.19. The minimum absolute atomic E-state index is 0.725. The lowest BCUT2D eigenvalue weighted by Gasteiger charge is -2.03. The first kappa shape index (κ1) is 10.8. The van der Waals surface area contributed by atoms with E-state index in [-0.39, 0.29) is 0 Å². The Balaban J connectivity index is 1.68. The van der Waals surface area contributed by atoms with Crippen LogP contribution in [0.1, 0.15) is 5.56 Å². The fraction of sp³-hybridized carbons (Fsp3) is 0. The molecule has 0 aromatic heterocycles. The van der Waals surface area contributed by atoms with Gasteiger partial charge in [0.1, 0.15) is 0 Å². The lowest BCUT2D eigenvalue weighted by atomic mass is 10.2. The van der Waals surface area contributed by atoms with Crippen molar-refractivity contribution in [2.75, 3.05) is 0 Å². The first-order chi connectivity index (χ1) is 9.35. The standard InChI is InChI=1S/C13H11N3O2P/c1-2-6-10(7-3-1)13-14-16-19(15-13)17-11-8-4-5-9-12(11)18-19/h1-9,16H,(H,14,15)/q+1. The predicted molar refractivity (Wildman–Crippen MR) is 73.9 cm³/mol. The van der Waals surface area contributed by atoms with Gasteiger partial charge in [-0.25, -0.2) is 0 Å². The van der Waals surface area contributed by atoms with Crippen molar-refractivity contribution in [3.05, 3.63) is 60.2 Å². The van der Waals surface area contributed by atoms with Crippen LogP contribution in [0.5, 0.6) is 11.5 Å². The molecule has 0 unspecified atom stereocenters. The van der Waals surface area contributed by atoms with E-state index in [1.807, 2.05) is 54.6 Å². The third kappa shape index (κ3) is 1.75. The first-order valence-corrected chi connectivity index (χ1v) is 7.49. The summed E-state index contributed by atoms with van der Waals surface area (Å²) in [5.41, 5.74) is 4.04. The van der Waals surface area contributed by atoms with Crippen molar-refractivity contribution in [3.63, 3.8) is 0 Å². The van der Waals surface area contributed by atoms with Crippen LogP contribution in [0.25, 0.3) is 0 Å². The highest BCUT2D eigenvalue weighted by Gasteiger charge is 2.58. The molecule has 0 fully saturated rings. The van der Waals surface area contributed by atoms with Gasteiger partial charge in [-0.15, -0.1) is 0 Å². The van der Waals surface area contributed by atoms with Crippen molar-refractivity contribution in [3.8, 4) is 11.5 Å². The van der Waals surface area contributed by atoms with Crippen LogP contribution in [0, 0.1) is 0 Å². The Morgan fingerprint density at radius 1 is 0.842 bits per heavy atom. The van der Waals surface area contributed by atoms with E-state index in [2.05, 4.69) is 15.4 Å². The molecule has 0 radical (unpaired) electrons. The van der Waals surface area contributed by atoms with E-state index < -0.39 is 8.02 Å². The minimum atomic E-state index is -2.47. The van der Waals surface area contributed by atoms with Gasteiger partial charge in [-0.2, -0.15) is 0 Å². The number of hydrogen-bond acceptors (Lipinski definition) is 5. The SMILES string of the molecule is c1ccc(C2=N[P+]3(NN2)Oc2ccccc2O3)cc1. The van der Waals surface area contributed by atoms with Gasteiger partial charge >= 0.3 is 8.02 Å². The summed E-state index contributed by atoms with van der Waals surface area (Å²) in [6.45, 7) is 0. The van der Waals surface area contributed by atoms with Crippen LogP contribution in [-0.2, 0) is 0 Å². The van der Waals surface area contributed by atoms with Crippen LogP contribution in [0.15, 0.2) is 59.4 Å². The number of benzene rings is 2. The van der Waals surface area contributed by atoms with E-state index in [9.17, 15) is 0 Å². The number of rotatable bonds is 1. The molecule has 0 saturated heterocycles. The average molecular weight is 272 g/mol. The second-order valence-corrected chi connectivity index (χ2v) is 6.03. The summed E-state index contributed by atoms with van der Waals surface area (Å²) in [6.07, 6.45) is 0. The summed E-state index contributed by atoms with van der Waals surface area (Å²) in [4.78, 5) is 0. The van der Waals surface area contributed by atoms with Crippen molar-refractivity contribution in [2.24, 2.45) is 4.76 Å². The smallest absolute Gasteiger partial charge is 0.263 e. The highest BCUT2D eigenvalue weighted by atomic mass is 31.2. The average Bonchev–Trinajstić information content (AvgIpc) is 3.03. The molecule has 2 aliphatic heterocycles. The minimum Gasteiger partial charge on any atom is -0.263 e. The van der Waals surface area contributed by atoms with Crippen molar-refractivity contribution in [1.82, 2.24) is 10.6 Å². The van der Waals surface area contributed by atoms with E-state index in [0.717, 1.165) is 22.9 Å². The molecule has 6 heteroatoms. The van der Waals surface area contributed by atoms with Crippen LogP contribution in [0.4, 0.5) is 0 Å². The first-order valence-electron chi connectivity index (χ1n) is 5.91. The van der Waals surface area contributed by atoms with Crippen LogP contribution in [0.3, 0.4) is 0 Å². The van der Waals surface area contributed by atoms with Crippen molar-refractivity contribution in [1.29, 1.82) is 0 Å². The number of amidine groups is 1. The Bertz CT molecular complexity index is 635. The molecular formula is C13H11N3O2P+. The second-order valence-electron chi connectivity index (χ2n) is 4.20. The molecule has 2 aromatic carbocycles. The maximum Gasteiger partial charge on any atom is 0.591 e. The monoisotopic (exact) mass is 272 g/mol. The molecule has 19 heavy (non-hydrogen) atoms. The van der Waals surface area contributed by atoms with Crippen LogP contribution < -0.4 is 19.7 Å². The number of nitrogens with zero attached hydrogens (tertiary/aromatic N) is 1. The lowest BCUT2D eigenvalue weighted by Crippen LogP contribution is -2.31. The molecule has 5 nitrogen and oxygen atoms in total. The largest absolute Gasteiger partial charge is 0.591 e. The molecule has 2 heterocycles. The molecule has 94 valence electrons. The Kier molecular flexibility index (Phi) is 2.24. The van der Waals surface area contributed by atoms with Gasteiger partial charge in [-0.1, -0.05) is 42.5 Å². The normalized spacial score (nSPS) is 18.2. The van der Waals surface area contributed by atoms with Gasteiger partial charge in [0, 0.05) is 5.56 Å². The fourth-order valence-electron chi connectivity index (χ4n) is 2.00. The summed E-state index contributed by atoms with van der Waals surface area (Å²) >= 11 is 0. The zero-order valence-electron chi connectivity index (χ0n) is 9.91. The lowest BCUT2D eigenvalue weighted by molar-refractivity contribution is 0.520. The highest BCUT2D eigenvalue weighted by Crippen LogP contribution is 2.66. The molecule has 2 N–H and O–H groups in total. The molecule has 1 spiro atoms. The van der Waals surface area contributed by atoms with Crippen molar-refractivity contribution < 1.29 is 9.05 Å². The van der Waals surface area contributed by atoms with Gasteiger partial charge in [0.15, 0.2) is 5.84 Å². The van der Waals surface area contributed by atoms with Crippen LogP contribution in [0.2, 0.25) is 0 Å². The van der Waals surface area contributed by atoms with Gasteiger partial charge in [0.2, 0.25) is 11.5 Å². The van der Waals surface area contributed by atoms with Gasteiger partial charge < -0.3 is 0 Å². The second kappa shape index (κ2) is 3.95. The summed E-state index contributed by atoms with van der Waals surface area (Å²) in [5, 5.41) is 3.04. The zero-order valence-corrected chi connectivity index (χ0v) is 10.8. The molecule has 0 amide bonds. The molecule has 0 saturated carbocycles. The maximum atomic E-state index is 5.83. The molecule has 4 rings (SSSR count). The third-order valence-electron chi connectivity index (χ3n) is 2.89. The van der Waals surface area contributed by atoms with E-state index in [0.29, 0.717) is 0 Å². The van der Waals surface area contributed by atoms with Gasteiger partial charge in [0.25, 0.3) is 0 Å².